The number of rotatable bonds is 3. The normalized spacial score (nSPS) is 19.4. The fourth-order valence-corrected chi connectivity index (χ4v) is 1.69. The minimum absolute atomic E-state index is 0.298. The van der Waals surface area contributed by atoms with Crippen molar-refractivity contribution in [3.05, 3.63) is 0 Å². The first-order chi connectivity index (χ1) is 6.45. The van der Waals surface area contributed by atoms with Crippen molar-refractivity contribution in [1.29, 1.82) is 5.26 Å². The highest BCUT2D eigenvalue weighted by Crippen LogP contribution is 2.23. The van der Waals surface area contributed by atoms with E-state index in [1.807, 2.05) is 0 Å². The summed E-state index contributed by atoms with van der Waals surface area (Å²) < 4.78 is 0. The quantitative estimate of drug-likeness (QED) is 0.680. The highest BCUT2D eigenvalue weighted by Gasteiger charge is 2.35. The molecule has 0 saturated carbocycles. The number of nitrogens with zero attached hydrogens (tertiary/aromatic N) is 3. The van der Waals surface area contributed by atoms with Crippen LogP contribution in [0.4, 0.5) is 0 Å². The van der Waals surface area contributed by atoms with Crippen molar-refractivity contribution in [2.45, 2.75) is 38.8 Å². The Kier molecular flexibility index (Phi) is 3.52. The number of likely N-dealkylation sites (N-methyl/N-ethyl adjacent to an activating group) is 1. The van der Waals surface area contributed by atoms with E-state index in [0.717, 1.165) is 19.6 Å². The minimum Gasteiger partial charge on any atom is -0.300 e. The summed E-state index contributed by atoms with van der Waals surface area (Å²) in [5.74, 6) is 0. The highest BCUT2D eigenvalue weighted by atomic mass is 15.3. The summed E-state index contributed by atoms with van der Waals surface area (Å²) in [5, 5.41) is 8.48. The zero-order valence-electron chi connectivity index (χ0n) is 9.75. The lowest BCUT2D eigenvalue weighted by Crippen LogP contribution is -2.63. The van der Waals surface area contributed by atoms with E-state index >= 15 is 0 Å². The minimum atomic E-state index is 0.298. The van der Waals surface area contributed by atoms with Crippen LogP contribution < -0.4 is 0 Å². The molecule has 0 unspecified atom stereocenters. The van der Waals surface area contributed by atoms with E-state index in [0.29, 0.717) is 18.0 Å². The zero-order chi connectivity index (χ0) is 10.8. The van der Waals surface area contributed by atoms with E-state index < -0.39 is 0 Å². The van der Waals surface area contributed by atoms with Gasteiger partial charge in [0.25, 0.3) is 0 Å². The Hall–Kier alpha value is -0.590. The molecule has 1 rings (SSSR count). The third-order valence-corrected chi connectivity index (χ3v) is 3.01. The van der Waals surface area contributed by atoms with Crippen LogP contribution in [0.5, 0.6) is 0 Å². The molecule has 0 aromatic heterocycles. The average Bonchev–Trinajstić information content (AvgIpc) is 1.94. The van der Waals surface area contributed by atoms with E-state index in [9.17, 15) is 0 Å². The van der Waals surface area contributed by atoms with Crippen LogP contribution in [0.2, 0.25) is 0 Å². The molecule has 0 N–H and O–H groups in total. The molecule has 1 saturated heterocycles. The van der Waals surface area contributed by atoms with Crippen molar-refractivity contribution in [2.75, 3.05) is 26.7 Å². The van der Waals surface area contributed by atoms with Gasteiger partial charge in [-0.3, -0.25) is 9.80 Å². The number of hydrogen-bond donors (Lipinski definition) is 0. The maximum Gasteiger partial charge on any atom is 0.0635 e. The van der Waals surface area contributed by atoms with Crippen molar-refractivity contribution < 1.29 is 0 Å². The van der Waals surface area contributed by atoms with Crippen LogP contribution >= 0.6 is 0 Å². The molecule has 0 spiro atoms. The molecule has 1 aliphatic rings. The summed E-state index contributed by atoms with van der Waals surface area (Å²) in [6.07, 6.45) is 0.641. The summed E-state index contributed by atoms with van der Waals surface area (Å²) in [6.45, 7) is 9.94. The summed E-state index contributed by atoms with van der Waals surface area (Å²) in [5.41, 5.74) is 0.298. The molecule has 14 heavy (non-hydrogen) atoms. The molecule has 3 heteroatoms. The predicted octanol–water partition coefficient (Wildman–Crippen LogP) is 1.31. The molecule has 0 bridgehead atoms. The van der Waals surface area contributed by atoms with Gasteiger partial charge in [-0.2, -0.15) is 5.26 Å². The lowest BCUT2D eigenvalue weighted by Gasteiger charge is -2.50. The van der Waals surface area contributed by atoms with Crippen LogP contribution in [-0.2, 0) is 0 Å². The van der Waals surface area contributed by atoms with Gasteiger partial charge in [0.15, 0.2) is 0 Å². The maximum absolute atomic E-state index is 8.48. The highest BCUT2D eigenvalue weighted by molar-refractivity contribution is 4.93. The molecule has 1 fully saturated rings. The molecule has 1 heterocycles. The molecule has 0 aromatic rings. The first-order valence-corrected chi connectivity index (χ1v) is 5.27. The van der Waals surface area contributed by atoms with Gasteiger partial charge < -0.3 is 0 Å². The summed E-state index contributed by atoms with van der Waals surface area (Å²) in [7, 11) is 2.11. The smallest absolute Gasteiger partial charge is 0.0635 e. The molecule has 0 radical (unpaired) electrons. The first-order valence-electron chi connectivity index (χ1n) is 5.27. The zero-order valence-corrected chi connectivity index (χ0v) is 9.75. The van der Waals surface area contributed by atoms with Gasteiger partial charge in [-0.25, -0.2) is 0 Å². The monoisotopic (exact) mass is 195 g/mol. The van der Waals surface area contributed by atoms with Gasteiger partial charge in [-0.15, -0.1) is 0 Å². The van der Waals surface area contributed by atoms with Crippen LogP contribution in [0, 0.1) is 11.3 Å². The molecule has 1 aliphatic heterocycles. The summed E-state index contributed by atoms with van der Waals surface area (Å²) in [4.78, 5) is 4.77. The van der Waals surface area contributed by atoms with Gasteiger partial charge in [0.1, 0.15) is 0 Å². The second kappa shape index (κ2) is 4.29. The molecule has 0 atom stereocenters. The van der Waals surface area contributed by atoms with E-state index in [-0.39, 0.29) is 0 Å². The van der Waals surface area contributed by atoms with Gasteiger partial charge in [-0.1, -0.05) is 0 Å². The van der Waals surface area contributed by atoms with Crippen molar-refractivity contribution in [2.24, 2.45) is 0 Å². The topological polar surface area (TPSA) is 30.3 Å². The molecule has 0 aromatic carbocycles. The number of nitriles is 1. The van der Waals surface area contributed by atoms with Crippen LogP contribution in [0.3, 0.4) is 0 Å². The second-order valence-corrected chi connectivity index (χ2v) is 5.12. The van der Waals surface area contributed by atoms with Crippen LogP contribution in [0.1, 0.15) is 27.2 Å². The Morgan fingerprint density at radius 3 is 2.43 bits per heavy atom. The van der Waals surface area contributed by atoms with Gasteiger partial charge >= 0.3 is 0 Å². The van der Waals surface area contributed by atoms with E-state index in [2.05, 4.69) is 43.7 Å². The van der Waals surface area contributed by atoms with E-state index in [1.165, 1.54) is 0 Å². The van der Waals surface area contributed by atoms with Crippen LogP contribution in [0.15, 0.2) is 0 Å². The summed E-state index contributed by atoms with van der Waals surface area (Å²) in [6, 6.07) is 2.84. The van der Waals surface area contributed by atoms with E-state index in [4.69, 9.17) is 5.26 Å². The Labute approximate surface area is 87.3 Å². The Morgan fingerprint density at radius 1 is 1.43 bits per heavy atom. The van der Waals surface area contributed by atoms with Gasteiger partial charge in [0.05, 0.1) is 6.07 Å². The standard InChI is InChI=1S/C11H21N3/c1-11(2,3)14-8-10(9-14)13(4)7-5-6-12/h10H,5,7-9H2,1-4H3. The molecule has 80 valence electrons. The van der Waals surface area contributed by atoms with Crippen molar-refractivity contribution in [1.82, 2.24) is 9.80 Å². The SMILES string of the molecule is CN(CCC#N)C1CN(C(C)(C)C)C1. The predicted molar refractivity (Wildman–Crippen MR) is 58.0 cm³/mol. The second-order valence-electron chi connectivity index (χ2n) is 5.12. The van der Waals surface area contributed by atoms with Gasteiger partial charge in [-0.05, 0) is 27.8 Å². The Morgan fingerprint density at radius 2 is 2.00 bits per heavy atom. The molecular weight excluding hydrogens is 174 g/mol. The van der Waals surface area contributed by atoms with Crippen molar-refractivity contribution >= 4 is 0 Å². The Balaban J connectivity index is 2.24. The van der Waals surface area contributed by atoms with Crippen LogP contribution in [0.25, 0.3) is 0 Å². The average molecular weight is 195 g/mol. The van der Waals surface area contributed by atoms with Crippen LogP contribution in [-0.4, -0.2) is 48.1 Å². The van der Waals surface area contributed by atoms with Crippen molar-refractivity contribution in [3.63, 3.8) is 0 Å². The molecule has 3 nitrogen and oxygen atoms in total. The fourth-order valence-electron chi connectivity index (χ4n) is 1.69. The molecular formula is C11H21N3. The van der Waals surface area contributed by atoms with Crippen molar-refractivity contribution in [3.8, 4) is 6.07 Å². The number of hydrogen-bond acceptors (Lipinski definition) is 3. The Bertz CT molecular complexity index is 218. The molecule has 0 amide bonds. The third-order valence-electron chi connectivity index (χ3n) is 3.01. The lowest BCUT2D eigenvalue weighted by atomic mass is 9.97. The largest absolute Gasteiger partial charge is 0.300 e. The third kappa shape index (κ3) is 2.70. The van der Waals surface area contributed by atoms with Gasteiger partial charge in [0.2, 0.25) is 0 Å². The number of likely N-dealkylation sites (tertiary alicyclic amines) is 1. The van der Waals surface area contributed by atoms with Gasteiger partial charge in [0, 0.05) is 37.6 Å². The molecule has 0 aliphatic carbocycles. The lowest BCUT2D eigenvalue weighted by molar-refractivity contribution is -0.0119. The maximum atomic E-state index is 8.48. The first kappa shape index (κ1) is 11.5. The fraction of sp³-hybridized carbons (Fsp3) is 0.909. The van der Waals surface area contributed by atoms with E-state index in [1.54, 1.807) is 0 Å². The summed E-state index contributed by atoms with van der Waals surface area (Å²) >= 11 is 0.